The van der Waals surface area contributed by atoms with Crippen LogP contribution in [0.25, 0.3) is 0 Å². The molecule has 0 heterocycles. The summed E-state index contributed by atoms with van der Waals surface area (Å²) in [4.78, 5) is 0. The lowest BCUT2D eigenvalue weighted by Gasteiger charge is -2.29. The first kappa shape index (κ1) is 11.9. The van der Waals surface area contributed by atoms with Crippen molar-refractivity contribution in [3.05, 3.63) is 0 Å². The Balaban J connectivity index is 3.72. The lowest BCUT2D eigenvalue weighted by atomic mass is 9.95. The van der Waals surface area contributed by atoms with Crippen LogP contribution in [0.3, 0.4) is 0 Å². The van der Waals surface area contributed by atoms with Gasteiger partial charge >= 0.3 is 0 Å². The Hall–Kier alpha value is -0.120. The van der Waals surface area contributed by atoms with E-state index in [0.29, 0.717) is 6.54 Å². The van der Waals surface area contributed by atoms with Crippen LogP contribution in [0.2, 0.25) is 0 Å². The zero-order valence-electron chi connectivity index (χ0n) is 8.30. The minimum atomic E-state index is -0.637. The molecule has 0 spiro atoms. The lowest BCUT2D eigenvalue weighted by Crippen LogP contribution is -2.45. The molecule has 0 unspecified atom stereocenters. The molecule has 0 aromatic carbocycles. The summed E-state index contributed by atoms with van der Waals surface area (Å²) >= 11 is 0. The van der Waals surface area contributed by atoms with Gasteiger partial charge in [-0.1, -0.05) is 13.8 Å². The third-order valence-electron chi connectivity index (χ3n) is 2.54. The van der Waals surface area contributed by atoms with E-state index < -0.39 is 6.10 Å². The smallest absolute Gasteiger partial charge is 0.0895 e. The average molecular weight is 175 g/mol. The summed E-state index contributed by atoms with van der Waals surface area (Å²) in [5, 5.41) is 20.9. The van der Waals surface area contributed by atoms with E-state index in [1.54, 1.807) is 0 Å². The van der Waals surface area contributed by atoms with E-state index in [-0.39, 0.29) is 12.1 Å². The first-order valence-electron chi connectivity index (χ1n) is 4.62. The number of nitrogens with one attached hydrogen (secondary N) is 1. The van der Waals surface area contributed by atoms with Crippen LogP contribution in [0.5, 0.6) is 0 Å². The summed E-state index contributed by atoms with van der Waals surface area (Å²) < 4.78 is 0. The summed E-state index contributed by atoms with van der Waals surface area (Å²) in [5.41, 5.74) is 0.0934. The third-order valence-corrected chi connectivity index (χ3v) is 2.54. The van der Waals surface area contributed by atoms with Gasteiger partial charge in [0.05, 0.1) is 12.7 Å². The Kier molecular flexibility index (Phi) is 5.46. The first-order valence-corrected chi connectivity index (χ1v) is 4.62. The van der Waals surface area contributed by atoms with Crippen molar-refractivity contribution in [3.8, 4) is 0 Å². The Morgan fingerprint density at radius 3 is 2.17 bits per heavy atom. The molecule has 0 amide bonds. The van der Waals surface area contributed by atoms with Crippen LogP contribution in [0, 0.1) is 0 Å². The minimum absolute atomic E-state index is 0.0934. The van der Waals surface area contributed by atoms with Crippen molar-refractivity contribution in [2.75, 3.05) is 13.2 Å². The van der Waals surface area contributed by atoms with Crippen LogP contribution in [0.15, 0.2) is 0 Å². The van der Waals surface area contributed by atoms with Crippen molar-refractivity contribution in [1.29, 1.82) is 0 Å². The minimum Gasteiger partial charge on any atom is -0.394 e. The molecule has 0 saturated heterocycles. The van der Waals surface area contributed by atoms with E-state index in [1.165, 1.54) is 0 Å². The number of β-amino-alcohol motifs (C(OH)–C–C–N with tert-alkyl or cyclic N) is 1. The molecular formula is C9H21NO2. The number of aliphatic hydroxyl groups excluding tert-OH is 2. The largest absolute Gasteiger partial charge is 0.394 e. The average Bonchev–Trinajstić information content (AvgIpc) is 2.13. The fraction of sp³-hybridized carbons (Fsp3) is 1.00. The van der Waals surface area contributed by atoms with E-state index >= 15 is 0 Å². The van der Waals surface area contributed by atoms with E-state index in [4.69, 9.17) is 10.2 Å². The van der Waals surface area contributed by atoms with Gasteiger partial charge < -0.3 is 15.5 Å². The highest BCUT2D eigenvalue weighted by Gasteiger charge is 2.19. The monoisotopic (exact) mass is 175 g/mol. The van der Waals surface area contributed by atoms with Gasteiger partial charge in [0.2, 0.25) is 0 Å². The van der Waals surface area contributed by atoms with Crippen LogP contribution >= 0.6 is 0 Å². The van der Waals surface area contributed by atoms with Gasteiger partial charge in [-0.3, -0.25) is 0 Å². The van der Waals surface area contributed by atoms with E-state index in [0.717, 1.165) is 12.8 Å². The highest BCUT2D eigenvalue weighted by Crippen LogP contribution is 2.12. The summed E-state index contributed by atoms with van der Waals surface area (Å²) in [6.07, 6.45) is 1.42. The Morgan fingerprint density at radius 2 is 1.83 bits per heavy atom. The predicted octanol–water partition coefficient (Wildman–Crippen LogP) is 0.508. The zero-order chi connectivity index (χ0) is 9.61. The Labute approximate surface area is 74.8 Å². The fourth-order valence-electron chi connectivity index (χ4n) is 0.929. The van der Waals surface area contributed by atoms with Crippen LogP contribution in [-0.4, -0.2) is 35.0 Å². The maximum atomic E-state index is 9.10. The quantitative estimate of drug-likeness (QED) is 0.551. The predicted molar refractivity (Wildman–Crippen MR) is 50.1 cm³/mol. The maximum absolute atomic E-state index is 9.10. The molecule has 0 aliphatic carbocycles. The molecule has 3 heteroatoms. The molecule has 0 rings (SSSR count). The summed E-state index contributed by atoms with van der Waals surface area (Å²) in [6.45, 7) is 6.64. The van der Waals surface area contributed by atoms with Gasteiger partial charge in [-0.2, -0.15) is 0 Å². The molecule has 0 bridgehead atoms. The van der Waals surface area contributed by atoms with Gasteiger partial charge in [-0.15, -0.1) is 0 Å². The molecular weight excluding hydrogens is 154 g/mol. The van der Waals surface area contributed by atoms with E-state index in [2.05, 4.69) is 26.1 Å². The zero-order valence-corrected chi connectivity index (χ0v) is 8.30. The maximum Gasteiger partial charge on any atom is 0.0895 e. The van der Waals surface area contributed by atoms with Crippen LogP contribution in [0.4, 0.5) is 0 Å². The van der Waals surface area contributed by atoms with E-state index in [9.17, 15) is 0 Å². The first-order chi connectivity index (χ1) is 5.58. The van der Waals surface area contributed by atoms with Crippen molar-refractivity contribution in [1.82, 2.24) is 5.32 Å². The van der Waals surface area contributed by atoms with Crippen LogP contribution in [0.1, 0.15) is 33.6 Å². The molecule has 0 aromatic heterocycles. The second kappa shape index (κ2) is 5.51. The highest BCUT2D eigenvalue weighted by molar-refractivity contribution is 4.80. The second-order valence-corrected chi connectivity index (χ2v) is 3.49. The van der Waals surface area contributed by atoms with Crippen LogP contribution in [-0.2, 0) is 0 Å². The van der Waals surface area contributed by atoms with Crippen molar-refractivity contribution < 1.29 is 10.2 Å². The fourth-order valence-corrected chi connectivity index (χ4v) is 0.929. The number of aliphatic hydroxyl groups is 2. The lowest BCUT2D eigenvalue weighted by molar-refractivity contribution is 0.0858. The molecule has 0 aromatic rings. The van der Waals surface area contributed by atoms with Gasteiger partial charge in [0.15, 0.2) is 0 Å². The van der Waals surface area contributed by atoms with Gasteiger partial charge in [-0.05, 0) is 19.8 Å². The summed E-state index contributed by atoms with van der Waals surface area (Å²) in [6, 6.07) is 0. The van der Waals surface area contributed by atoms with Crippen molar-refractivity contribution in [2.45, 2.75) is 45.3 Å². The number of hydrogen-bond acceptors (Lipinski definition) is 3. The molecule has 0 aliphatic heterocycles. The SMILES string of the molecule is CCC(C)(CC)NC[C@H](O)CO. The molecule has 0 radical (unpaired) electrons. The summed E-state index contributed by atoms with van der Waals surface area (Å²) in [7, 11) is 0. The molecule has 0 fully saturated rings. The Bertz CT molecular complexity index is 113. The van der Waals surface area contributed by atoms with Gasteiger partial charge in [0, 0.05) is 12.1 Å². The van der Waals surface area contributed by atoms with Crippen molar-refractivity contribution in [3.63, 3.8) is 0 Å². The van der Waals surface area contributed by atoms with Crippen molar-refractivity contribution >= 4 is 0 Å². The summed E-state index contributed by atoms with van der Waals surface area (Å²) in [5.74, 6) is 0. The van der Waals surface area contributed by atoms with Gasteiger partial charge in [0.1, 0.15) is 0 Å². The molecule has 1 atom stereocenters. The molecule has 12 heavy (non-hydrogen) atoms. The van der Waals surface area contributed by atoms with Crippen molar-refractivity contribution in [2.24, 2.45) is 0 Å². The number of rotatable bonds is 6. The topological polar surface area (TPSA) is 52.5 Å². The molecule has 3 N–H and O–H groups in total. The third kappa shape index (κ3) is 4.04. The van der Waals surface area contributed by atoms with E-state index in [1.807, 2.05) is 0 Å². The number of hydrogen-bond donors (Lipinski definition) is 3. The van der Waals surface area contributed by atoms with Crippen LogP contribution < -0.4 is 5.32 Å². The molecule has 0 aliphatic rings. The molecule has 0 saturated carbocycles. The molecule has 74 valence electrons. The standard InChI is InChI=1S/C9H21NO2/c1-4-9(3,5-2)10-6-8(12)7-11/h8,10-12H,4-7H2,1-3H3/t8-/m0/s1. The molecule has 3 nitrogen and oxygen atoms in total. The van der Waals surface area contributed by atoms with Gasteiger partial charge in [0.25, 0.3) is 0 Å². The highest BCUT2D eigenvalue weighted by atomic mass is 16.3. The van der Waals surface area contributed by atoms with Gasteiger partial charge in [-0.25, -0.2) is 0 Å². The second-order valence-electron chi connectivity index (χ2n) is 3.49. The normalized spacial score (nSPS) is 14.8. The Morgan fingerprint density at radius 1 is 1.33 bits per heavy atom.